The average Bonchev–Trinajstić information content (AvgIpc) is 2.69. The Bertz CT molecular complexity index is 629. The minimum Gasteiger partial charge on any atom is -0.366 e. The van der Waals surface area contributed by atoms with Crippen LogP contribution in [0, 0.1) is 0 Å². The number of aromatic nitrogens is 4. The molecule has 2 N–H and O–H groups in total. The van der Waals surface area contributed by atoms with Crippen LogP contribution in [-0.4, -0.2) is 19.6 Å². The Balaban J connectivity index is 2.18. The number of hydrogen-bond donors (Lipinski definition) is 1. The Morgan fingerprint density at radius 1 is 1.00 bits per heavy atom. The standard InChI is InChI=1S/C11H9N5/c12-11-14-10-2-1-9(7-16(10)15-11)8-3-5-13-6-4-8/h1-7H,(H2,12,15). The first-order chi connectivity index (χ1) is 7.83. The number of hydrogen-bond acceptors (Lipinski definition) is 4. The minimum atomic E-state index is 0.284. The highest BCUT2D eigenvalue weighted by molar-refractivity contribution is 5.63. The molecule has 3 rings (SSSR count). The fraction of sp³-hybridized carbons (Fsp3) is 0. The van der Waals surface area contributed by atoms with E-state index < -0.39 is 0 Å². The van der Waals surface area contributed by atoms with Crippen LogP contribution >= 0.6 is 0 Å². The molecule has 0 fully saturated rings. The summed E-state index contributed by atoms with van der Waals surface area (Å²) in [6, 6.07) is 7.76. The molecule has 0 spiro atoms. The van der Waals surface area contributed by atoms with Crippen molar-refractivity contribution in [2.24, 2.45) is 0 Å². The highest BCUT2D eigenvalue weighted by atomic mass is 15.3. The average molecular weight is 211 g/mol. The first kappa shape index (κ1) is 8.84. The van der Waals surface area contributed by atoms with Gasteiger partial charge >= 0.3 is 0 Å². The molecule has 0 bridgehead atoms. The maximum absolute atomic E-state index is 5.53. The second-order valence-electron chi connectivity index (χ2n) is 3.43. The fourth-order valence-electron chi connectivity index (χ4n) is 1.62. The van der Waals surface area contributed by atoms with Gasteiger partial charge in [-0.2, -0.15) is 4.98 Å². The van der Waals surface area contributed by atoms with Crippen molar-refractivity contribution in [2.45, 2.75) is 0 Å². The predicted molar refractivity (Wildman–Crippen MR) is 60.6 cm³/mol. The molecule has 0 saturated carbocycles. The molecular formula is C11H9N5. The van der Waals surface area contributed by atoms with Crippen LogP contribution in [0.5, 0.6) is 0 Å². The third-order valence-electron chi connectivity index (χ3n) is 2.36. The highest BCUT2D eigenvalue weighted by Crippen LogP contribution is 2.18. The third kappa shape index (κ3) is 1.38. The van der Waals surface area contributed by atoms with Gasteiger partial charge in [-0.05, 0) is 29.8 Å². The van der Waals surface area contributed by atoms with E-state index in [1.54, 1.807) is 16.9 Å². The van der Waals surface area contributed by atoms with Gasteiger partial charge in [-0.1, -0.05) is 0 Å². The lowest BCUT2D eigenvalue weighted by Crippen LogP contribution is -1.90. The van der Waals surface area contributed by atoms with E-state index in [-0.39, 0.29) is 5.95 Å². The molecule has 3 heterocycles. The molecule has 78 valence electrons. The molecule has 0 radical (unpaired) electrons. The third-order valence-corrected chi connectivity index (χ3v) is 2.36. The van der Waals surface area contributed by atoms with E-state index >= 15 is 0 Å². The molecule has 5 nitrogen and oxygen atoms in total. The van der Waals surface area contributed by atoms with Gasteiger partial charge in [-0.15, -0.1) is 5.10 Å². The van der Waals surface area contributed by atoms with Crippen LogP contribution in [0.3, 0.4) is 0 Å². The Hall–Kier alpha value is -2.43. The topological polar surface area (TPSA) is 69.1 Å². The van der Waals surface area contributed by atoms with Gasteiger partial charge in [0.25, 0.3) is 0 Å². The van der Waals surface area contributed by atoms with Crippen molar-refractivity contribution in [1.82, 2.24) is 19.6 Å². The second kappa shape index (κ2) is 3.30. The van der Waals surface area contributed by atoms with Crippen molar-refractivity contribution in [3.63, 3.8) is 0 Å². The van der Waals surface area contributed by atoms with Crippen molar-refractivity contribution in [3.05, 3.63) is 42.9 Å². The second-order valence-corrected chi connectivity index (χ2v) is 3.43. The smallest absolute Gasteiger partial charge is 0.240 e. The summed E-state index contributed by atoms with van der Waals surface area (Å²) in [6.45, 7) is 0. The SMILES string of the molecule is Nc1nc2ccc(-c3ccncc3)cn2n1. The molecule has 0 aliphatic carbocycles. The van der Waals surface area contributed by atoms with Gasteiger partial charge in [0.2, 0.25) is 5.95 Å². The summed E-state index contributed by atoms with van der Waals surface area (Å²) in [5, 5.41) is 4.07. The first-order valence-corrected chi connectivity index (χ1v) is 4.85. The summed E-state index contributed by atoms with van der Waals surface area (Å²) in [5.74, 6) is 0.284. The Morgan fingerprint density at radius 2 is 1.81 bits per heavy atom. The van der Waals surface area contributed by atoms with Crippen LogP contribution in [-0.2, 0) is 0 Å². The monoisotopic (exact) mass is 211 g/mol. The number of nitrogens with zero attached hydrogens (tertiary/aromatic N) is 4. The maximum atomic E-state index is 5.53. The molecule has 0 aliphatic heterocycles. The number of nitrogens with two attached hydrogens (primary N) is 1. The zero-order valence-corrected chi connectivity index (χ0v) is 8.41. The summed E-state index contributed by atoms with van der Waals surface area (Å²) in [4.78, 5) is 8.05. The van der Waals surface area contributed by atoms with Crippen LogP contribution in [0.4, 0.5) is 5.95 Å². The molecule has 0 aliphatic rings. The molecule has 3 aromatic rings. The van der Waals surface area contributed by atoms with E-state index in [4.69, 9.17) is 5.73 Å². The zero-order valence-electron chi connectivity index (χ0n) is 8.41. The molecule has 16 heavy (non-hydrogen) atoms. The van der Waals surface area contributed by atoms with Crippen LogP contribution in [0.15, 0.2) is 42.9 Å². The van der Waals surface area contributed by atoms with E-state index in [1.807, 2.05) is 30.5 Å². The molecule has 0 aromatic carbocycles. The number of anilines is 1. The van der Waals surface area contributed by atoms with E-state index in [0.717, 1.165) is 16.8 Å². The van der Waals surface area contributed by atoms with Crippen molar-refractivity contribution < 1.29 is 0 Å². The molecule has 5 heteroatoms. The van der Waals surface area contributed by atoms with E-state index in [2.05, 4.69) is 15.1 Å². The lowest BCUT2D eigenvalue weighted by Gasteiger charge is -2.00. The first-order valence-electron chi connectivity index (χ1n) is 4.85. The van der Waals surface area contributed by atoms with Crippen molar-refractivity contribution >= 4 is 11.6 Å². The Kier molecular flexibility index (Phi) is 1.83. The summed E-state index contributed by atoms with van der Waals surface area (Å²) < 4.78 is 1.67. The molecular weight excluding hydrogens is 202 g/mol. The zero-order chi connectivity index (χ0) is 11.0. The van der Waals surface area contributed by atoms with E-state index in [9.17, 15) is 0 Å². The Labute approximate surface area is 91.6 Å². The minimum absolute atomic E-state index is 0.284. The molecule has 0 saturated heterocycles. The van der Waals surface area contributed by atoms with Gasteiger partial charge in [-0.25, -0.2) is 4.52 Å². The van der Waals surface area contributed by atoms with Gasteiger partial charge in [-0.3, -0.25) is 4.98 Å². The van der Waals surface area contributed by atoms with E-state index in [1.165, 1.54) is 0 Å². The van der Waals surface area contributed by atoms with Gasteiger partial charge < -0.3 is 5.73 Å². The number of rotatable bonds is 1. The van der Waals surface area contributed by atoms with Gasteiger partial charge in [0, 0.05) is 24.2 Å². The molecule has 0 amide bonds. The normalized spacial score (nSPS) is 10.8. The number of pyridine rings is 2. The Morgan fingerprint density at radius 3 is 2.62 bits per heavy atom. The molecule has 3 aromatic heterocycles. The van der Waals surface area contributed by atoms with Crippen LogP contribution in [0.25, 0.3) is 16.8 Å². The number of fused-ring (bicyclic) bond motifs is 1. The quantitative estimate of drug-likeness (QED) is 0.660. The summed E-state index contributed by atoms with van der Waals surface area (Å²) in [5.41, 5.74) is 8.42. The summed E-state index contributed by atoms with van der Waals surface area (Å²) in [7, 11) is 0. The van der Waals surface area contributed by atoms with Gasteiger partial charge in [0.05, 0.1) is 0 Å². The largest absolute Gasteiger partial charge is 0.366 e. The lowest BCUT2D eigenvalue weighted by molar-refractivity contribution is 0.969. The van der Waals surface area contributed by atoms with Crippen LogP contribution in [0.2, 0.25) is 0 Å². The van der Waals surface area contributed by atoms with Crippen LogP contribution in [0.1, 0.15) is 0 Å². The fourth-order valence-corrected chi connectivity index (χ4v) is 1.62. The van der Waals surface area contributed by atoms with Gasteiger partial charge in [0.15, 0.2) is 5.65 Å². The predicted octanol–water partition coefficient (Wildman–Crippen LogP) is 1.37. The van der Waals surface area contributed by atoms with Crippen LogP contribution < -0.4 is 5.73 Å². The lowest BCUT2D eigenvalue weighted by atomic mass is 10.1. The highest BCUT2D eigenvalue weighted by Gasteiger charge is 2.02. The van der Waals surface area contributed by atoms with Crippen molar-refractivity contribution in [3.8, 4) is 11.1 Å². The van der Waals surface area contributed by atoms with Crippen molar-refractivity contribution in [2.75, 3.05) is 5.73 Å². The summed E-state index contributed by atoms with van der Waals surface area (Å²) >= 11 is 0. The van der Waals surface area contributed by atoms with Gasteiger partial charge in [0.1, 0.15) is 0 Å². The van der Waals surface area contributed by atoms with Crippen molar-refractivity contribution in [1.29, 1.82) is 0 Å². The number of nitrogen functional groups attached to an aromatic ring is 1. The maximum Gasteiger partial charge on any atom is 0.240 e. The van der Waals surface area contributed by atoms with E-state index in [0.29, 0.717) is 0 Å². The molecule has 0 unspecified atom stereocenters. The molecule has 0 atom stereocenters. The summed E-state index contributed by atoms with van der Waals surface area (Å²) in [6.07, 6.45) is 5.42.